The number of rotatable bonds is 7. The molecule has 2 rings (SSSR count). The highest BCUT2D eigenvalue weighted by Gasteiger charge is 2.28. The van der Waals surface area contributed by atoms with Gasteiger partial charge >= 0.3 is 6.11 Å². The molecule has 0 aliphatic heterocycles. The van der Waals surface area contributed by atoms with Crippen LogP contribution in [0.15, 0.2) is 36.4 Å². The van der Waals surface area contributed by atoms with Crippen molar-refractivity contribution < 1.29 is 13.5 Å². The summed E-state index contributed by atoms with van der Waals surface area (Å²) in [6, 6.07) is 6.86. The van der Waals surface area contributed by atoms with Gasteiger partial charge in [-0.3, -0.25) is 0 Å². The Balaban J connectivity index is 1.85. The molecule has 0 unspecified atom stereocenters. The lowest BCUT2D eigenvalue weighted by Gasteiger charge is -2.26. The van der Waals surface area contributed by atoms with E-state index in [1.165, 1.54) is 12.8 Å². The molecular weight excluding hydrogens is 294 g/mol. The van der Waals surface area contributed by atoms with Crippen molar-refractivity contribution in [1.29, 1.82) is 0 Å². The summed E-state index contributed by atoms with van der Waals surface area (Å²) < 4.78 is 32.7. The molecule has 0 bridgehead atoms. The number of allylic oxidation sites excluding steroid dienone is 1. The minimum absolute atomic E-state index is 0.212. The van der Waals surface area contributed by atoms with Gasteiger partial charge in [0.05, 0.1) is 0 Å². The lowest BCUT2D eigenvalue weighted by Crippen LogP contribution is -2.22. The van der Waals surface area contributed by atoms with Gasteiger partial charge in [0.1, 0.15) is 5.75 Å². The van der Waals surface area contributed by atoms with Crippen LogP contribution in [0.2, 0.25) is 0 Å². The number of benzene rings is 1. The van der Waals surface area contributed by atoms with Crippen molar-refractivity contribution >= 4 is 0 Å². The van der Waals surface area contributed by atoms with Crippen LogP contribution in [0.5, 0.6) is 5.75 Å². The second kappa shape index (κ2) is 8.47. The molecule has 3 heteroatoms. The molecule has 1 saturated carbocycles. The second-order valence-corrected chi connectivity index (χ2v) is 6.59. The molecule has 1 aromatic carbocycles. The molecular formula is C20H28F2O. The van der Waals surface area contributed by atoms with Gasteiger partial charge in [-0.05, 0) is 61.6 Å². The molecule has 1 aliphatic carbocycles. The molecule has 1 fully saturated rings. The van der Waals surface area contributed by atoms with Crippen molar-refractivity contribution in [2.24, 2.45) is 11.8 Å². The molecule has 0 N–H and O–H groups in total. The van der Waals surface area contributed by atoms with Crippen LogP contribution in [-0.2, 0) is 6.42 Å². The number of ether oxygens (including phenoxy) is 1. The van der Waals surface area contributed by atoms with Gasteiger partial charge < -0.3 is 4.74 Å². The minimum Gasteiger partial charge on any atom is -0.429 e. The second-order valence-electron chi connectivity index (χ2n) is 6.59. The molecule has 0 saturated heterocycles. The summed E-state index contributed by atoms with van der Waals surface area (Å²) in [6.45, 7) is 4.24. The van der Waals surface area contributed by atoms with Crippen LogP contribution < -0.4 is 4.74 Å². The van der Waals surface area contributed by atoms with Crippen molar-refractivity contribution in [3.63, 3.8) is 0 Å². The Morgan fingerprint density at radius 3 is 2.30 bits per heavy atom. The molecule has 0 radical (unpaired) electrons. The third-order valence-corrected chi connectivity index (χ3v) is 4.74. The molecule has 1 nitrogen and oxygen atoms in total. The van der Waals surface area contributed by atoms with Crippen molar-refractivity contribution in [3.8, 4) is 5.75 Å². The predicted octanol–water partition coefficient (Wildman–Crippen LogP) is 6.38. The monoisotopic (exact) mass is 322 g/mol. The molecule has 0 heterocycles. The van der Waals surface area contributed by atoms with Crippen molar-refractivity contribution in [2.75, 3.05) is 0 Å². The van der Waals surface area contributed by atoms with Gasteiger partial charge in [0, 0.05) is 6.08 Å². The van der Waals surface area contributed by atoms with E-state index in [-0.39, 0.29) is 11.7 Å². The number of alkyl halides is 2. The summed E-state index contributed by atoms with van der Waals surface area (Å²) in [5.74, 6) is 1.27. The van der Waals surface area contributed by atoms with E-state index in [2.05, 4.69) is 6.92 Å². The Labute approximate surface area is 138 Å². The fourth-order valence-electron chi connectivity index (χ4n) is 3.31. The molecule has 23 heavy (non-hydrogen) atoms. The third-order valence-electron chi connectivity index (χ3n) is 4.74. The topological polar surface area (TPSA) is 9.23 Å². The number of hydrogen-bond donors (Lipinski definition) is 0. The highest BCUT2D eigenvalue weighted by Crippen LogP contribution is 2.33. The van der Waals surface area contributed by atoms with Gasteiger partial charge in [-0.1, -0.05) is 44.9 Å². The van der Waals surface area contributed by atoms with E-state index in [0.29, 0.717) is 0 Å². The minimum atomic E-state index is -3.24. The van der Waals surface area contributed by atoms with Gasteiger partial charge in [-0.2, -0.15) is 8.78 Å². The van der Waals surface area contributed by atoms with Crippen LogP contribution in [0, 0.1) is 11.8 Å². The average Bonchev–Trinajstić information content (AvgIpc) is 2.55. The largest absolute Gasteiger partial charge is 0.429 e. The SMILES string of the molecule is CCCC1CCC(/C=C/C(F)(F)Oc2ccc(CC)cc2)CC1. The smallest absolute Gasteiger partial charge is 0.419 e. The summed E-state index contributed by atoms with van der Waals surface area (Å²) in [6.07, 6.45) is 7.07. The van der Waals surface area contributed by atoms with Crippen LogP contribution in [0.4, 0.5) is 8.78 Å². The summed E-state index contributed by atoms with van der Waals surface area (Å²) in [5.41, 5.74) is 1.11. The van der Waals surface area contributed by atoms with Crippen molar-refractivity contribution in [3.05, 3.63) is 42.0 Å². The quantitative estimate of drug-likeness (QED) is 0.529. The Morgan fingerprint density at radius 1 is 1.09 bits per heavy atom. The maximum atomic E-state index is 13.9. The predicted molar refractivity (Wildman–Crippen MR) is 90.9 cm³/mol. The van der Waals surface area contributed by atoms with Gasteiger partial charge in [0.15, 0.2) is 0 Å². The van der Waals surface area contributed by atoms with Gasteiger partial charge in [-0.15, -0.1) is 0 Å². The van der Waals surface area contributed by atoms with E-state index >= 15 is 0 Å². The molecule has 0 amide bonds. The highest BCUT2D eigenvalue weighted by atomic mass is 19.3. The lowest BCUT2D eigenvalue weighted by atomic mass is 9.80. The van der Waals surface area contributed by atoms with Crippen molar-refractivity contribution in [2.45, 2.75) is 64.9 Å². The van der Waals surface area contributed by atoms with Gasteiger partial charge in [-0.25, -0.2) is 0 Å². The average molecular weight is 322 g/mol. The molecule has 0 spiro atoms. The maximum absolute atomic E-state index is 13.9. The Morgan fingerprint density at radius 2 is 1.74 bits per heavy atom. The van der Waals surface area contributed by atoms with E-state index in [4.69, 9.17) is 4.74 Å². The molecule has 1 aliphatic rings. The fraction of sp³-hybridized carbons (Fsp3) is 0.600. The summed E-state index contributed by atoms with van der Waals surface area (Å²) in [7, 11) is 0. The van der Waals surface area contributed by atoms with Crippen LogP contribution >= 0.6 is 0 Å². The van der Waals surface area contributed by atoms with Crippen LogP contribution in [0.3, 0.4) is 0 Å². The first-order chi connectivity index (χ1) is 11.0. The number of hydrogen-bond acceptors (Lipinski definition) is 1. The Bertz CT molecular complexity index is 485. The third kappa shape index (κ3) is 5.96. The summed E-state index contributed by atoms with van der Waals surface area (Å²) in [4.78, 5) is 0. The number of halogens is 2. The normalized spacial score (nSPS) is 22.4. The van der Waals surface area contributed by atoms with E-state index in [1.807, 2.05) is 19.1 Å². The first-order valence-corrected chi connectivity index (χ1v) is 8.87. The zero-order valence-electron chi connectivity index (χ0n) is 14.2. The first-order valence-electron chi connectivity index (χ1n) is 8.87. The molecule has 128 valence electrons. The standard InChI is InChI=1S/C20H28F2O/c1-3-5-17-6-8-18(9-7-17)14-15-20(21,22)23-19-12-10-16(4-2)11-13-19/h10-15,17-18H,3-9H2,1-2H3/b15-14+. The van der Waals surface area contributed by atoms with E-state index in [1.54, 1.807) is 18.2 Å². The molecule has 0 aromatic heterocycles. The van der Waals surface area contributed by atoms with E-state index in [0.717, 1.165) is 49.7 Å². The number of aryl methyl sites for hydroxylation is 1. The molecule has 0 atom stereocenters. The van der Waals surface area contributed by atoms with Gasteiger partial charge in [0.25, 0.3) is 0 Å². The summed E-state index contributed by atoms with van der Waals surface area (Å²) in [5, 5.41) is 0. The van der Waals surface area contributed by atoms with E-state index < -0.39 is 6.11 Å². The zero-order chi connectivity index (χ0) is 16.7. The Hall–Kier alpha value is -1.38. The van der Waals surface area contributed by atoms with E-state index in [9.17, 15) is 8.78 Å². The van der Waals surface area contributed by atoms with Crippen molar-refractivity contribution in [1.82, 2.24) is 0 Å². The fourth-order valence-corrected chi connectivity index (χ4v) is 3.31. The summed E-state index contributed by atoms with van der Waals surface area (Å²) >= 11 is 0. The molecule has 1 aromatic rings. The zero-order valence-corrected chi connectivity index (χ0v) is 14.2. The van der Waals surface area contributed by atoms with Crippen LogP contribution in [0.25, 0.3) is 0 Å². The van der Waals surface area contributed by atoms with Crippen LogP contribution in [-0.4, -0.2) is 6.11 Å². The first kappa shape index (κ1) is 18.0. The van der Waals surface area contributed by atoms with Crippen LogP contribution in [0.1, 0.15) is 57.9 Å². The van der Waals surface area contributed by atoms with Gasteiger partial charge in [0.2, 0.25) is 0 Å². The Kier molecular flexibility index (Phi) is 6.61. The lowest BCUT2D eigenvalue weighted by molar-refractivity contribution is -0.132. The highest BCUT2D eigenvalue weighted by molar-refractivity contribution is 5.27. The maximum Gasteiger partial charge on any atom is 0.419 e.